The molecule has 0 aromatic heterocycles. The minimum atomic E-state index is -7.45. The Kier molecular flexibility index (Phi) is 6.63. The summed E-state index contributed by atoms with van der Waals surface area (Å²) in [4.78, 5) is 11.8. The first-order valence-electron chi connectivity index (χ1n) is 8.45. The van der Waals surface area contributed by atoms with Gasteiger partial charge in [-0.05, 0) is 17.7 Å². The Morgan fingerprint density at radius 1 is 1.00 bits per heavy atom. The van der Waals surface area contributed by atoms with Gasteiger partial charge in [0.2, 0.25) is 11.8 Å². The van der Waals surface area contributed by atoms with E-state index in [0.29, 0.717) is 10.8 Å². The first-order chi connectivity index (χ1) is 14.8. The fourth-order valence-corrected chi connectivity index (χ4v) is 3.51. The molecule has 2 rings (SSSR count). The Morgan fingerprint density at radius 2 is 1.52 bits per heavy atom. The second kappa shape index (κ2) is 8.25. The minimum Gasteiger partial charge on any atom is -0.497 e. The van der Waals surface area contributed by atoms with Crippen LogP contribution in [0.25, 0.3) is 0 Å². The third-order valence-electron chi connectivity index (χ3n) is 4.34. The molecule has 1 aromatic rings. The number of rotatable bonds is 6. The Hall–Kier alpha value is -2.72. The summed E-state index contributed by atoms with van der Waals surface area (Å²) >= 11 is 0. The predicted molar refractivity (Wildman–Crippen MR) is 91.2 cm³/mol. The average molecular weight is 516 g/mol. The number of nitrogens with zero attached hydrogens (tertiary/aromatic N) is 2. The van der Waals surface area contributed by atoms with Gasteiger partial charge in [0.1, 0.15) is 5.75 Å². The minimum absolute atomic E-state index is 0.214. The van der Waals surface area contributed by atoms with Gasteiger partial charge in [-0.15, -0.1) is 5.10 Å². The molecule has 33 heavy (non-hydrogen) atoms. The maximum absolute atomic E-state index is 13.8. The molecule has 1 unspecified atom stereocenters. The summed E-state index contributed by atoms with van der Waals surface area (Å²) in [6, 6.07) is 4.26. The van der Waals surface area contributed by atoms with E-state index < -0.39 is 57.7 Å². The molecule has 0 aliphatic carbocycles. The van der Waals surface area contributed by atoms with Crippen molar-refractivity contribution in [1.29, 1.82) is 0 Å². The van der Waals surface area contributed by atoms with Crippen LogP contribution in [0.4, 0.5) is 39.5 Å². The second-order valence-electron chi connectivity index (χ2n) is 6.55. The number of benzene rings is 1. The highest BCUT2D eigenvalue weighted by atomic mass is 32.2. The Labute approximate surface area is 179 Å². The molecule has 1 atom stereocenters. The van der Waals surface area contributed by atoms with Crippen LogP contribution in [0.2, 0.25) is 0 Å². The zero-order valence-electron chi connectivity index (χ0n) is 16.3. The SMILES string of the molecule is COc1ccc(C2CC(OS(=O)(=O)C(F)(F)C(F)(F)C(F)(F)C(F)(F)F)=NN2C(C)=O)cc1. The van der Waals surface area contributed by atoms with Crippen molar-refractivity contribution in [2.24, 2.45) is 5.10 Å². The molecular weight excluding hydrogens is 503 g/mol. The van der Waals surface area contributed by atoms with Crippen LogP contribution < -0.4 is 4.74 Å². The van der Waals surface area contributed by atoms with Gasteiger partial charge in [0.15, 0.2) is 0 Å². The molecule has 7 nitrogen and oxygen atoms in total. The number of hydrogen-bond donors (Lipinski definition) is 0. The summed E-state index contributed by atoms with van der Waals surface area (Å²) in [6.07, 6.45) is -8.03. The van der Waals surface area contributed by atoms with Crippen LogP contribution in [0.1, 0.15) is 24.9 Å². The van der Waals surface area contributed by atoms with Crippen LogP contribution in [0.15, 0.2) is 29.4 Å². The van der Waals surface area contributed by atoms with E-state index in [1.54, 1.807) is 0 Å². The summed E-state index contributed by atoms with van der Waals surface area (Å²) in [5.74, 6) is -16.8. The maximum atomic E-state index is 13.8. The number of hydrogen-bond acceptors (Lipinski definition) is 6. The van der Waals surface area contributed by atoms with Gasteiger partial charge in [0.05, 0.1) is 19.6 Å². The summed E-state index contributed by atoms with van der Waals surface area (Å²) in [7, 11) is -5.84. The van der Waals surface area contributed by atoms with Gasteiger partial charge >= 0.3 is 33.4 Å². The first kappa shape index (κ1) is 26.5. The standard InChI is InChI=1S/C16H13F9N2O5S/c1-8(28)27-11(9-3-5-10(31-2)6-4-9)7-12(26-27)32-33(29,30)16(24,25)14(19,20)13(17,18)15(21,22)23/h3-6,11H,7H2,1-2H3. The summed E-state index contributed by atoms with van der Waals surface area (Å²) in [6.45, 7) is 0.907. The van der Waals surface area contributed by atoms with E-state index in [1.165, 1.54) is 31.4 Å². The molecule has 1 aromatic carbocycles. The van der Waals surface area contributed by atoms with Crippen molar-refractivity contribution >= 4 is 21.9 Å². The number of amides is 1. The van der Waals surface area contributed by atoms with E-state index in [9.17, 15) is 52.7 Å². The van der Waals surface area contributed by atoms with Crippen LogP contribution in [0.5, 0.6) is 5.75 Å². The highest BCUT2D eigenvalue weighted by Crippen LogP contribution is 2.55. The van der Waals surface area contributed by atoms with E-state index in [2.05, 4.69) is 9.28 Å². The predicted octanol–water partition coefficient (Wildman–Crippen LogP) is 4.07. The molecule has 186 valence electrons. The van der Waals surface area contributed by atoms with Crippen molar-refractivity contribution in [3.05, 3.63) is 29.8 Å². The van der Waals surface area contributed by atoms with Gasteiger partial charge in [0, 0.05) is 6.92 Å². The fourth-order valence-electron chi connectivity index (χ4n) is 2.60. The monoisotopic (exact) mass is 516 g/mol. The molecular formula is C16H13F9N2O5S. The Balaban J connectivity index is 2.38. The lowest BCUT2D eigenvalue weighted by molar-refractivity contribution is -0.382. The number of carbonyl (C=O) groups excluding carboxylic acids is 1. The van der Waals surface area contributed by atoms with Gasteiger partial charge in [0.25, 0.3) is 0 Å². The van der Waals surface area contributed by atoms with Crippen LogP contribution in [-0.4, -0.2) is 55.6 Å². The zero-order valence-corrected chi connectivity index (χ0v) is 17.2. The lowest BCUT2D eigenvalue weighted by Gasteiger charge is -2.32. The smallest absolute Gasteiger partial charge is 0.460 e. The van der Waals surface area contributed by atoms with E-state index in [4.69, 9.17) is 4.74 Å². The van der Waals surface area contributed by atoms with E-state index in [0.717, 1.165) is 6.92 Å². The summed E-state index contributed by atoms with van der Waals surface area (Å²) < 4.78 is 149. The van der Waals surface area contributed by atoms with Crippen molar-refractivity contribution in [2.75, 3.05) is 7.11 Å². The Morgan fingerprint density at radius 3 is 1.94 bits per heavy atom. The number of carbonyl (C=O) groups is 1. The second-order valence-corrected chi connectivity index (χ2v) is 8.14. The van der Waals surface area contributed by atoms with Crippen LogP contribution >= 0.6 is 0 Å². The van der Waals surface area contributed by atoms with Gasteiger partial charge in [-0.25, -0.2) is 5.01 Å². The zero-order chi connectivity index (χ0) is 25.6. The highest BCUT2D eigenvalue weighted by molar-refractivity contribution is 7.88. The molecule has 0 fully saturated rings. The quantitative estimate of drug-likeness (QED) is 0.421. The average Bonchev–Trinajstić information content (AvgIpc) is 3.10. The molecule has 0 N–H and O–H groups in total. The van der Waals surface area contributed by atoms with Gasteiger partial charge in [-0.1, -0.05) is 12.1 Å². The van der Waals surface area contributed by atoms with Gasteiger partial charge in [-0.2, -0.15) is 47.9 Å². The van der Waals surface area contributed by atoms with Crippen molar-refractivity contribution in [3.63, 3.8) is 0 Å². The lowest BCUT2D eigenvalue weighted by Crippen LogP contribution is -2.63. The molecule has 1 amide bonds. The van der Waals surface area contributed by atoms with Crippen LogP contribution in [-0.2, 0) is 19.1 Å². The largest absolute Gasteiger partial charge is 0.497 e. The number of ether oxygens (including phenoxy) is 1. The maximum Gasteiger partial charge on any atom is 0.460 e. The molecule has 1 aliphatic rings. The third-order valence-corrected chi connectivity index (χ3v) is 5.64. The molecule has 0 saturated heterocycles. The molecule has 0 saturated carbocycles. The normalized spacial score (nSPS) is 18.2. The summed E-state index contributed by atoms with van der Waals surface area (Å²) in [5.41, 5.74) is 0.214. The molecule has 1 heterocycles. The van der Waals surface area contributed by atoms with Crippen molar-refractivity contribution in [2.45, 2.75) is 42.7 Å². The number of hydrazone groups is 1. The molecule has 0 bridgehead atoms. The molecule has 0 spiro atoms. The number of methoxy groups -OCH3 is 1. The van der Waals surface area contributed by atoms with E-state index >= 15 is 0 Å². The molecule has 1 aliphatic heterocycles. The van der Waals surface area contributed by atoms with Crippen LogP contribution in [0.3, 0.4) is 0 Å². The first-order valence-corrected chi connectivity index (χ1v) is 9.86. The van der Waals surface area contributed by atoms with Gasteiger partial charge in [-0.3, -0.25) is 4.79 Å². The number of alkyl halides is 9. The van der Waals surface area contributed by atoms with Crippen molar-refractivity contribution in [1.82, 2.24) is 5.01 Å². The Bertz CT molecular complexity index is 1040. The number of halogens is 9. The topological polar surface area (TPSA) is 85.3 Å². The van der Waals surface area contributed by atoms with Gasteiger partial charge < -0.3 is 8.92 Å². The molecule has 0 radical (unpaired) electrons. The van der Waals surface area contributed by atoms with E-state index in [-0.39, 0.29) is 5.56 Å². The highest BCUT2D eigenvalue weighted by Gasteiger charge is 2.86. The van der Waals surface area contributed by atoms with Crippen molar-refractivity contribution < 1.29 is 61.6 Å². The van der Waals surface area contributed by atoms with Crippen molar-refractivity contribution in [3.8, 4) is 5.75 Å². The van der Waals surface area contributed by atoms with Crippen LogP contribution in [0, 0.1) is 0 Å². The third kappa shape index (κ3) is 4.41. The molecule has 17 heteroatoms. The summed E-state index contributed by atoms with van der Waals surface area (Å²) in [5, 5.41) is -3.26. The fraction of sp³-hybridized carbons (Fsp3) is 0.500. The van der Waals surface area contributed by atoms with E-state index in [1.807, 2.05) is 0 Å². The lowest BCUT2D eigenvalue weighted by atomic mass is 10.0.